The second-order valence-electron chi connectivity index (χ2n) is 2.87. The maximum atomic E-state index is 10.6. The summed E-state index contributed by atoms with van der Waals surface area (Å²) < 4.78 is 0. The van der Waals surface area contributed by atoms with E-state index in [1.165, 1.54) is 0 Å². The first-order chi connectivity index (χ1) is 6.81. The Balaban J connectivity index is 3.11. The minimum atomic E-state index is 0.603. The number of pyridine rings is 1. The molecule has 0 aliphatic heterocycles. The van der Waals surface area contributed by atoms with Gasteiger partial charge in [0, 0.05) is 23.5 Å². The molecule has 0 aliphatic carbocycles. The first-order valence-corrected chi connectivity index (χ1v) is 4.51. The van der Waals surface area contributed by atoms with Crippen LogP contribution in [0.1, 0.15) is 29.8 Å². The van der Waals surface area contributed by atoms with E-state index >= 15 is 0 Å². The second kappa shape index (κ2) is 5.12. The van der Waals surface area contributed by atoms with Gasteiger partial charge in [0.25, 0.3) is 0 Å². The van der Waals surface area contributed by atoms with E-state index < -0.39 is 0 Å². The third kappa shape index (κ3) is 2.39. The van der Waals surface area contributed by atoms with Crippen molar-refractivity contribution in [3.63, 3.8) is 0 Å². The average molecular weight is 187 g/mol. The van der Waals surface area contributed by atoms with E-state index in [1.54, 1.807) is 12.4 Å². The third-order valence-electron chi connectivity index (χ3n) is 1.89. The van der Waals surface area contributed by atoms with Crippen molar-refractivity contribution in [2.45, 2.75) is 13.8 Å². The molecule has 1 rings (SSSR count). The van der Waals surface area contributed by atoms with Gasteiger partial charge in [-0.25, -0.2) is 0 Å². The maximum Gasteiger partial charge on any atom is 0.151 e. The Labute approximate surface area is 84.0 Å². The van der Waals surface area contributed by atoms with Crippen LogP contribution in [-0.4, -0.2) is 11.3 Å². The lowest BCUT2D eigenvalue weighted by Gasteiger charge is -2.01. The van der Waals surface area contributed by atoms with Crippen molar-refractivity contribution in [2.75, 3.05) is 0 Å². The van der Waals surface area contributed by atoms with Gasteiger partial charge in [-0.1, -0.05) is 18.2 Å². The summed E-state index contributed by atoms with van der Waals surface area (Å²) in [7, 11) is 0. The summed E-state index contributed by atoms with van der Waals surface area (Å²) >= 11 is 0. The molecule has 0 N–H and O–H groups in total. The largest absolute Gasteiger partial charge is 0.298 e. The van der Waals surface area contributed by atoms with E-state index in [4.69, 9.17) is 0 Å². The number of rotatable bonds is 3. The zero-order chi connectivity index (χ0) is 10.4. The standard InChI is InChI=1S/C12H13NO/c1-3-5-11(4-2)12-6-10(9-14)7-13-8-12/h3-9H,1-2H3/b5-3-,11-4+. The minimum Gasteiger partial charge on any atom is -0.298 e. The molecule has 0 spiro atoms. The van der Waals surface area contributed by atoms with Gasteiger partial charge in [-0.15, -0.1) is 0 Å². The highest BCUT2D eigenvalue weighted by molar-refractivity contribution is 5.79. The number of aldehydes is 1. The Bertz CT molecular complexity index is 378. The van der Waals surface area contributed by atoms with Gasteiger partial charge >= 0.3 is 0 Å². The summed E-state index contributed by atoms with van der Waals surface area (Å²) in [6, 6.07) is 1.83. The van der Waals surface area contributed by atoms with E-state index in [0.717, 1.165) is 17.4 Å². The molecule has 2 nitrogen and oxygen atoms in total. The normalized spacial score (nSPS) is 12.0. The van der Waals surface area contributed by atoms with Crippen LogP contribution in [0.3, 0.4) is 0 Å². The van der Waals surface area contributed by atoms with Crippen molar-refractivity contribution in [1.82, 2.24) is 4.98 Å². The van der Waals surface area contributed by atoms with E-state index in [9.17, 15) is 4.79 Å². The van der Waals surface area contributed by atoms with E-state index in [2.05, 4.69) is 4.98 Å². The molecule has 0 saturated heterocycles. The van der Waals surface area contributed by atoms with Crippen LogP contribution in [0.15, 0.2) is 36.7 Å². The molecule has 1 aromatic heterocycles. The Morgan fingerprint density at radius 2 is 2.14 bits per heavy atom. The first-order valence-electron chi connectivity index (χ1n) is 4.51. The highest BCUT2D eigenvalue weighted by atomic mass is 16.1. The van der Waals surface area contributed by atoms with Crippen LogP contribution in [0, 0.1) is 0 Å². The Kier molecular flexibility index (Phi) is 3.80. The number of allylic oxidation sites excluding steroid dienone is 4. The van der Waals surface area contributed by atoms with Gasteiger partial charge in [0.05, 0.1) is 0 Å². The van der Waals surface area contributed by atoms with Crippen LogP contribution in [0.25, 0.3) is 5.57 Å². The zero-order valence-corrected chi connectivity index (χ0v) is 8.40. The van der Waals surface area contributed by atoms with Crippen molar-refractivity contribution in [1.29, 1.82) is 0 Å². The Morgan fingerprint density at radius 3 is 2.71 bits per heavy atom. The highest BCUT2D eigenvalue weighted by Gasteiger charge is 1.98. The molecule has 1 aromatic rings. The van der Waals surface area contributed by atoms with E-state index in [1.807, 2.05) is 38.1 Å². The minimum absolute atomic E-state index is 0.603. The molecular weight excluding hydrogens is 174 g/mol. The predicted molar refractivity (Wildman–Crippen MR) is 58.1 cm³/mol. The number of carbonyl (C=O) groups is 1. The molecule has 0 radical (unpaired) electrons. The molecule has 72 valence electrons. The van der Waals surface area contributed by atoms with Crippen LogP contribution in [0.2, 0.25) is 0 Å². The van der Waals surface area contributed by atoms with Gasteiger partial charge in [0.15, 0.2) is 6.29 Å². The molecule has 0 aromatic carbocycles. The van der Waals surface area contributed by atoms with Crippen molar-refractivity contribution in [2.24, 2.45) is 0 Å². The van der Waals surface area contributed by atoms with Crippen LogP contribution in [0.4, 0.5) is 0 Å². The molecule has 0 bridgehead atoms. The monoisotopic (exact) mass is 187 g/mol. The van der Waals surface area contributed by atoms with Crippen LogP contribution in [0.5, 0.6) is 0 Å². The van der Waals surface area contributed by atoms with Gasteiger partial charge in [-0.05, 0) is 25.5 Å². The second-order valence-corrected chi connectivity index (χ2v) is 2.87. The maximum absolute atomic E-state index is 10.6. The summed E-state index contributed by atoms with van der Waals surface area (Å²) in [5.74, 6) is 0. The lowest BCUT2D eigenvalue weighted by atomic mass is 10.1. The van der Waals surface area contributed by atoms with Crippen LogP contribution in [-0.2, 0) is 0 Å². The Hall–Kier alpha value is -1.70. The fraction of sp³-hybridized carbons (Fsp3) is 0.167. The number of aromatic nitrogens is 1. The van der Waals surface area contributed by atoms with E-state index in [-0.39, 0.29) is 0 Å². The van der Waals surface area contributed by atoms with Crippen molar-refractivity contribution < 1.29 is 4.79 Å². The molecule has 0 amide bonds. The smallest absolute Gasteiger partial charge is 0.151 e. The van der Waals surface area contributed by atoms with Crippen LogP contribution < -0.4 is 0 Å². The molecule has 0 aliphatic rings. The number of hydrogen-bond acceptors (Lipinski definition) is 2. The Morgan fingerprint density at radius 1 is 1.36 bits per heavy atom. The highest BCUT2D eigenvalue weighted by Crippen LogP contribution is 2.15. The van der Waals surface area contributed by atoms with Gasteiger partial charge < -0.3 is 0 Å². The lowest BCUT2D eigenvalue weighted by molar-refractivity contribution is 0.112. The molecule has 0 fully saturated rings. The van der Waals surface area contributed by atoms with Crippen molar-refractivity contribution in [3.8, 4) is 0 Å². The lowest BCUT2D eigenvalue weighted by Crippen LogP contribution is -1.87. The number of carbonyl (C=O) groups excluding carboxylic acids is 1. The molecular formula is C12H13NO. The summed E-state index contributed by atoms with van der Waals surface area (Å²) in [6.07, 6.45) is 10.1. The third-order valence-corrected chi connectivity index (χ3v) is 1.89. The van der Waals surface area contributed by atoms with Gasteiger partial charge in [0.1, 0.15) is 0 Å². The number of nitrogens with zero attached hydrogens (tertiary/aromatic N) is 1. The van der Waals surface area contributed by atoms with Crippen molar-refractivity contribution >= 4 is 11.9 Å². The summed E-state index contributed by atoms with van der Waals surface area (Å²) in [5, 5.41) is 0. The molecule has 0 saturated carbocycles. The number of hydrogen-bond donors (Lipinski definition) is 0. The topological polar surface area (TPSA) is 30.0 Å². The van der Waals surface area contributed by atoms with Crippen molar-refractivity contribution in [3.05, 3.63) is 47.8 Å². The fourth-order valence-electron chi connectivity index (χ4n) is 1.22. The van der Waals surface area contributed by atoms with Gasteiger partial charge in [0.2, 0.25) is 0 Å². The molecule has 2 heteroatoms. The fourth-order valence-corrected chi connectivity index (χ4v) is 1.22. The molecule has 1 heterocycles. The molecule has 14 heavy (non-hydrogen) atoms. The predicted octanol–water partition coefficient (Wildman–Crippen LogP) is 2.87. The van der Waals surface area contributed by atoms with E-state index in [0.29, 0.717) is 5.56 Å². The van der Waals surface area contributed by atoms with Gasteiger partial charge in [-0.2, -0.15) is 0 Å². The molecule has 0 atom stereocenters. The summed E-state index contributed by atoms with van der Waals surface area (Å²) in [6.45, 7) is 3.92. The SMILES string of the molecule is C/C=C\C(=C/C)c1cncc(C=O)c1. The average Bonchev–Trinajstić information content (AvgIpc) is 2.26. The zero-order valence-electron chi connectivity index (χ0n) is 8.40. The van der Waals surface area contributed by atoms with Crippen LogP contribution >= 0.6 is 0 Å². The van der Waals surface area contributed by atoms with Gasteiger partial charge in [-0.3, -0.25) is 9.78 Å². The molecule has 0 unspecified atom stereocenters. The first kappa shape index (κ1) is 10.4. The quantitative estimate of drug-likeness (QED) is 0.538. The summed E-state index contributed by atoms with van der Waals surface area (Å²) in [4.78, 5) is 14.6. The summed E-state index contributed by atoms with van der Waals surface area (Å²) in [5.41, 5.74) is 2.64.